The summed E-state index contributed by atoms with van der Waals surface area (Å²) in [5, 5.41) is 2.91. The van der Waals surface area contributed by atoms with Crippen LogP contribution in [0.4, 0.5) is 0 Å². The van der Waals surface area contributed by atoms with Gasteiger partial charge in [-0.3, -0.25) is 4.79 Å². The fourth-order valence-electron chi connectivity index (χ4n) is 1.87. The van der Waals surface area contributed by atoms with E-state index in [-0.39, 0.29) is 17.8 Å². The first-order chi connectivity index (χ1) is 9.12. The molecule has 0 saturated carbocycles. The number of hydrogen-bond acceptors (Lipinski definition) is 3. The monoisotopic (exact) mass is 263 g/mol. The number of esters is 1. The Kier molecular flexibility index (Phi) is 6.06. The fraction of sp³-hybridized carbons (Fsp3) is 0.467. The van der Waals surface area contributed by atoms with Crippen molar-refractivity contribution in [2.24, 2.45) is 5.92 Å². The Hall–Kier alpha value is -1.84. The molecule has 1 rings (SSSR count). The van der Waals surface area contributed by atoms with E-state index in [1.807, 2.05) is 26.0 Å². The Morgan fingerprint density at radius 1 is 1.16 bits per heavy atom. The van der Waals surface area contributed by atoms with Crippen molar-refractivity contribution in [2.75, 3.05) is 7.11 Å². The van der Waals surface area contributed by atoms with Gasteiger partial charge in [0.2, 0.25) is 5.91 Å². The highest BCUT2D eigenvalue weighted by atomic mass is 16.5. The van der Waals surface area contributed by atoms with Crippen LogP contribution >= 0.6 is 0 Å². The molecule has 1 aromatic rings. The van der Waals surface area contributed by atoms with Crippen LogP contribution in [0.15, 0.2) is 24.3 Å². The molecule has 0 unspecified atom stereocenters. The van der Waals surface area contributed by atoms with E-state index in [2.05, 4.69) is 10.1 Å². The van der Waals surface area contributed by atoms with Gasteiger partial charge in [-0.2, -0.15) is 0 Å². The zero-order valence-corrected chi connectivity index (χ0v) is 11.7. The third-order valence-corrected chi connectivity index (χ3v) is 3.20. The van der Waals surface area contributed by atoms with E-state index in [1.54, 1.807) is 12.1 Å². The van der Waals surface area contributed by atoms with Crippen LogP contribution in [0.25, 0.3) is 0 Å². The van der Waals surface area contributed by atoms with Crippen molar-refractivity contribution in [3.8, 4) is 0 Å². The summed E-state index contributed by atoms with van der Waals surface area (Å²) < 4.78 is 4.63. The van der Waals surface area contributed by atoms with Crippen molar-refractivity contribution in [2.45, 2.75) is 33.2 Å². The zero-order chi connectivity index (χ0) is 14.3. The predicted octanol–water partition coefficient (Wildman–Crippen LogP) is 2.53. The smallest absolute Gasteiger partial charge is 0.337 e. The van der Waals surface area contributed by atoms with Gasteiger partial charge in [0.15, 0.2) is 0 Å². The van der Waals surface area contributed by atoms with Crippen LogP contribution in [0, 0.1) is 5.92 Å². The van der Waals surface area contributed by atoms with Gasteiger partial charge in [0.05, 0.1) is 12.7 Å². The van der Waals surface area contributed by atoms with Crippen molar-refractivity contribution in [1.82, 2.24) is 5.32 Å². The Morgan fingerprint density at radius 2 is 1.74 bits per heavy atom. The molecule has 4 heteroatoms. The number of amides is 1. The molecule has 19 heavy (non-hydrogen) atoms. The molecule has 0 aliphatic rings. The Labute approximate surface area is 114 Å². The second kappa shape index (κ2) is 7.56. The van der Waals surface area contributed by atoms with E-state index in [1.165, 1.54) is 7.11 Å². The molecule has 0 saturated heterocycles. The second-order valence-corrected chi connectivity index (χ2v) is 4.42. The third-order valence-electron chi connectivity index (χ3n) is 3.20. The predicted molar refractivity (Wildman–Crippen MR) is 73.7 cm³/mol. The molecule has 0 aliphatic heterocycles. The molecular weight excluding hydrogens is 242 g/mol. The Morgan fingerprint density at radius 3 is 2.21 bits per heavy atom. The van der Waals surface area contributed by atoms with Gasteiger partial charge in [0.1, 0.15) is 0 Å². The summed E-state index contributed by atoms with van der Waals surface area (Å²) in [4.78, 5) is 23.1. The number of hydrogen-bond donors (Lipinski definition) is 1. The van der Waals surface area contributed by atoms with E-state index in [9.17, 15) is 9.59 Å². The van der Waals surface area contributed by atoms with Gasteiger partial charge in [-0.25, -0.2) is 4.79 Å². The van der Waals surface area contributed by atoms with Gasteiger partial charge < -0.3 is 10.1 Å². The number of rotatable bonds is 6. The van der Waals surface area contributed by atoms with Crippen LogP contribution in [0.3, 0.4) is 0 Å². The topological polar surface area (TPSA) is 55.4 Å². The summed E-state index contributed by atoms with van der Waals surface area (Å²) >= 11 is 0. The molecule has 4 nitrogen and oxygen atoms in total. The highest BCUT2D eigenvalue weighted by Gasteiger charge is 2.13. The number of carbonyl (C=O) groups is 2. The molecule has 0 aliphatic carbocycles. The van der Waals surface area contributed by atoms with Crippen molar-refractivity contribution < 1.29 is 14.3 Å². The minimum absolute atomic E-state index is 0.0781. The molecule has 0 aromatic heterocycles. The number of methoxy groups -OCH3 is 1. The summed E-state index contributed by atoms with van der Waals surface area (Å²) in [5.74, 6) is -0.191. The summed E-state index contributed by atoms with van der Waals surface area (Å²) in [5.41, 5.74) is 1.48. The molecule has 0 atom stereocenters. The minimum Gasteiger partial charge on any atom is -0.465 e. The number of carbonyl (C=O) groups excluding carboxylic acids is 2. The Balaban J connectivity index is 2.54. The van der Waals surface area contributed by atoms with Crippen LogP contribution in [-0.2, 0) is 16.1 Å². The lowest BCUT2D eigenvalue weighted by Crippen LogP contribution is -2.29. The maximum Gasteiger partial charge on any atom is 0.337 e. The molecule has 1 amide bonds. The molecular formula is C15H21NO3. The summed E-state index contributed by atoms with van der Waals surface area (Å²) in [6, 6.07) is 7.04. The molecule has 0 bridgehead atoms. The van der Waals surface area contributed by atoms with Gasteiger partial charge in [-0.05, 0) is 30.5 Å². The van der Waals surface area contributed by atoms with Crippen LogP contribution in [-0.4, -0.2) is 19.0 Å². The first-order valence-corrected chi connectivity index (χ1v) is 6.57. The lowest BCUT2D eigenvalue weighted by Gasteiger charge is -2.12. The molecule has 0 spiro atoms. The number of benzene rings is 1. The SMILES string of the molecule is CCC(CC)C(=O)NCc1ccc(C(=O)OC)cc1. The Bertz CT molecular complexity index is 422. The standard InChI is InChI=1S/C15H21NO3/c1-4-12(5-2)14(17)16-10-11-6-8-13(9-7-11)15(18)19-3/h6-9,12H,4-5,10H2,1-3H3,(H,16,17). The van der Waals surface area contributed by atoms with Crippen LogP contribution in [0.2, 0.25) is 0 Å². The second-order valence-electron chi connectivity index (χ2n) is 4.42. The molecule has 1 aromatic carbocycles. The molecule has 0 fully saturated rings. The largest absolute Gasteiger partial charge is 0.465 e. The first kappa shape index (κ1) is 15.2. The van der Waals surface area contributed by atoms with Gasteiger partial charge in [-0.15, -0.1) is 0 Å². The normalized spacial score (nSPS) is 10.3. The van der Waals surface area contributed by atoms with E-state index in [0.717, 1.165) is 18.4 Å². The van der Waals surface area contributed by atoms with Gasteiger partial charge >= 0.3 is 5.97 Å². The van der Waals surface area contributed by atoms with Gasteiger partial charge in [0.25, 0.3) is 0 Å². The maximum absolute atomic E-state index is 11.8. The maximum atomic E-state index is 11.8. The first-order valence-electron chi connectivity index (χ1n) is 6.57. The average molecular weight is 263 g/mol. The van der Waals surface area contributed by atoms with Gasteiger partial charge in [-0.1, -0.05) is 26.0 Å². The average Bonchev–Trinajstić information content (AvgIpc) is 2.46. The lowest BCUT2D eigenvalue weighted by atomic mass is 10.0. The highest BCUT2D eigenvalue weighted by Crippen LogP contribution is 2.09. The lowest BCUT2D eigenvalue weighted by molar-refractivity contribution is -0.125. The van der Waals surface area contributed by atoms with Crippen molar-refractivity contribution >= 4 is 11.9 Å². The van der Waals surface area contributed by atoms with Crippen LogP contribution in [0.1, 0.15) is 42.6 Å². The summed E-state index contributed by atoms with van der Waals surface area (Å²) in [7, 11) is 1.35. The van der Waals surface area contributed by atoms with Crippen molar-refractivity contribution in [3.05, 3.63) is 35.4 Å². The molecule has 1 N–H and O–H groups in total. The van der Waals surface area contributed by atoms with E-state index in [4.69, 9.17) is 0 Å². The van der Waals surface area contributed by atoms with Crippen LogP contribution in [0.5, 0.6) is 0 Å². The van der Waals surface area contributed by atoms with E-state index >= 15 is 0 Å². The fourth-order valence-corrected chi connectivity index (χ4v) is 1.87. The molecule has 0 radical (unpaired) electrons. The third kappa shape index (κ3) is 4.39. The van der Waals surface area contributed by atoms with Crippen molar-refractivity contribution in [1.29, 1.82) is 0 Å². The summed E-state index contributed by atoms with van der Waals surface area (Å²) in [6.07, 6.45) is 1.70. The molecule has 0 heterocycles. The quantitative estimate of drug-likeness (QED) is 0.802. The minimum atomic E-state index is -0.354. The van der Waals surface area contributed by atoms with E-state index < -0.39 is 0 Å². The highest BCUT2D eigenvalue weighted by molar-refractivity contribution is 5.89. The number of nitrogens with one attached hydrogen (secondary N) is 1. The van der Waals surface area contributed by atoms with Crippen LogP contribution < -0.4 is 5.32 Å². The number of ether oxygens (including phenoxy) is 1. The van der Waals surface area contributed by atoms with E-state index in [0.29, 0.717) is 12.1 Å². The van der Waals surface area contributed by atoms with Crippen molar-refractivity contribution in [3.63, 3.8) is 0 Å². The molecule has 104 valence electrons. The zero-order valence-electron chi connectivity index (χ0n) is 11.7. The summed E-state index contributed by atoms with van der Waals surface area (Å²) in [6.45, 7) is 4.51. The van der Waals surface area contributed by atoms with Gasteiger partial charge in [0, 0.05) is 12.5 Å².